The van der Waals surface area contributed by atoms with E-state index in [1.165, 1.54) is 5.56 Å². The maximum absolute atomic E-state index is 11.1. The van der Waals surface area contributed by atoms with E-state index in [1.54, 1.807) is 7.11 Å². The summed E-state index contributed by atoms with van der Waals surface area (Å²) in [5.74, 6) is 1.06. The lowest BCUT2D eigenvalue weighted by Crippen LogP contribution is -2.22. The fraction of sp³-hybridized carbons (Fsp3) is 0.227. The van der Waals surface area contributed by atoms with Gasteiger partial charge in [0.2, 0.25) is 0 Å². The van der Waals surface area contributed by atoms with Gasteiger partial charge >= 0.3 is 0 Å². The normalized spacial score (nSPS) is 10.7. The first kappa shape index (κ1) is 18.7. The smallest absolute Gasteiger partial charge is 0.255 e. The molecule has 0 aromatic heterocycles. The molecule has 140 valence electrons. The molecule has 0 radical (unpaired) electrons. The highest BCUT2D eigenvalue weighted by Crippen LogP contribution is 2.28. The molecule has 0 aliphatic rings. The Balaban J connectivity index is 1.68. The molecule has 0 unspecified atom stereocenters. The van der Waals surface area contributed by atoms with Crippen LogP contribution in [0.4, 0.5) is 0 Å². The van der Waals surface area contributed by atoms with Crippen LogP contribution in [0.25, 0.3) is 10.8 Å². The number of rotatable bonds is 9. The molecular formula is C22H24N2O3. The maximum atomic E-state index is 11.1. The van der Waals surface area contributed by atoms with Crippen LogP contribution in [-0.4, -0.2) is 26.2 Å². The lowest BCUT2D eigenvalue weighted by molar-refractivity contribution is -0.119. The van der Waals surface area contributed by atoms with E-state index in [0.29, 0.717) is 12.3 Å². The number of hydrogen-bond donors (Lipinski definition) is 2. The van der Waals surface area contributed by atoms with Crippen LogP contribution in [0.5, 0.6) is 11.5 Å². The van der Waals surface area contributed by atoms with Crippen molar-refractivity contribution >= 4 is 16.7 Å². The fourth-order valence-electron chi connectivity index (χ4n) is 3.02. The Bertz CT molecular complexity index is 907. The van der Waals surface area contributed by atoms with Crippen LogP contribution in [-0.2, 0) is 17.8 Å². The van der Waals surface area contributed by atoms with Crippen molar-refractivity contribution in [2.45, 2.75) is 13.0 Å². The number of nitrogens with two attached hydrogens (primary N) is 1. The van der Waals surface area contributed by atoms with Crippen molar-refractivity contribution in [3.63, 3.8) is 0 Å². The van der Waals surface area contributed by atoms with E-state index in [0.717, 1.165) is 35.1 Å². The van der Waals surface area contributed by atoms with Crippen LogP contribution < -0.4 is 20.5 Å². The zero-order valence-corrected chi connectivity index (χ0v) is 15.4. The van der Waals surface area contributed by atoms with Crippen molar-refractivity contribution in [2.24, 2.45) is 5.73 Å². The summed E-state index contributed by atoms with van der Waals surface area (Å²) in [5.41, 5.74) is 7.49. The van der Waals surface area contributed by atoms with Gasteiger partial charge in [-0.2, -0.15) is 0 Å². The van der Waals surface area contributed by atoms with Gasteiger partial charge in [-0.15, -0.1) is 0 Å². The standard InChI is InChI=1S/C22H24N2O3/c1-26-18-9-6-16(7-10-18)12-13-24-14-20-19-5-3-2-4-17(19)8-11-21(20)27-15-22(23)25/h2-11,24H,12-15H2,1H3,(H2,23,25). The first-order chi connectivity index (χ1) is 13.2. The van der Waals surface area contributed by atoms with Crippen molar-refractivity contribution in [3.8, 4) is 11.5 Å². The molecule has 27 heavy (non-hydrogen) atoms. The highest BCUT2D eigenvalue weighted by molar-refractivity contribution is 5.88. The van der Waals surface area contributed by atoms with Gasteiger partial charge in [0.15, 0.2) is 6.61 Å². The van der Waals surface area contributed by atoms with E-state index >= 15 is 0 Å². The van der Waals surface area contributed by atoms with Gasteiger partial charge in [0.25, 0.3) is 5.91 Å². The van der Waals surface area contributed by atoms with E-state index < -0.39 is 5.91 Å². The molecule has 0 aliphatic heterocycles. The van der Waals surface area contributed by atoms with E-state index in [1.807, 2.05) is 36.4 Å². The number of methoxy groups -OCH3 is 1. The number of fused-ring (bicyclic) bond motifs is 1. The molecule has 0 bridgehead atoms. The lowest BCUT2D eigenvalue weighted by Gasteiger charge is -2.14. The minimum atomic E-state index is -0.485. The van der Waals surface area contributed by atoms with Crippen molar-refractivity contribution in [3.05, 3.63) is 71.8 Å². The Kier molecular flexibility index (Phi) is 6.28. The van der Waals surface area contributed by atoms with Crippen LogP contribution in [0.2, 0.25) is 0 Å². The van der Waals surface area contributed by atoms with Gasteiger partial charge in [0.1, 0.15) is 11.5 Å². The molecule has 0 fully saturated rings. The summed E-state index contributed by atoms with van der Waals surface area (Å²) >= 11 is 0. The van der Waals surface area contributed by atoms with Crippen molar-refractivity contribution in [1.82, 2.24) is 5.32 Å². The second-order valence-electron chi connectivity index (χ2n) is 6.29. The molecule has 3 aromatic carbocycles. The zero-order valence-electron chi connectivity index (χ0n) is 15.4. The second-order valence-corrected chi connectivity index (χ2v) is 6.29. The topological polar surface area (TPSA) is 73.6 Å². The van der Waals surface area contributed by atoms with Crippen LogP contribution in [0.3, 0.4) is 0 Å². The Morgan fingerprint density at radius 2 is 1.81 bits per heavy atom. The molecule has 0 saturated heterocycles. The molecule has 0 saturated carbocycles. The fourth-order valence-corrected chi connectivity index (χ4v) is 3.02. The number of amides is 1. The number of ether oxygens (including phenoxy) is 2. The third-order valence-corrected chi connectivity index (χ3v) is 4.42. The van der Waals surface area contributed by atoms with Gasteiger partial charge in [0, 0.05) is 12.1 Å². The van der Waals surface area contributed by atoms with Crippen LogP contribution in [0.15, 0.2) is 60.7 Å². The van der Waals surface area contributed by atoms with Gasteiger partial charge < -0.3 is 20.5 Å². The number of benzene rings is 3. The Hall–Kier alpha value is -3.05. The molecule has 3 rings (SSSR count). The molecule has 1 amide bonds. The SMILES string of the molecule is COc1ccc(CCNCc2c(OCC(N)=O)ccc3ccccc23)cc1. The number of hydrogen-bond acceptors (Lipinski definition) is 4. The predicted octanol–water partition coefficient (Wildman–Crippen LogP) is 3.04. The van der Waals surface area contributed by atoms with Gasteiger partial charge in [-0.25, -0.2) is 0 Å². The Morgan fingerprint density at radius 1 is 1.04 bits per heavy atom. The number of primary amides is 1. The minimum absolute atomic E-state index is 0.128. The van der Waals surface area contributed by atoms with E-state index in [4.69, 9.17) is 15.2 Å². The minimum Gasteiger partial charge on any atom is -0.497 e. The summed E-state index contributed by atoms with van der Waals surface area (Å²) in [7, 11) is 1.67. The van der Waals surface area contributed by atoms with E-state index in [9.17, 15) is 4.79 Å². The first-order valence-corrected chi connectivity index (χ1v) is 8.93. The van der Waals surface area contributed by atoms with Crippen LogP contribution in [0, 0.1) is 0 Å². The second kappa shape index (κ2) is 9.05. The number of nitrogens with one attached hydrogen (secondary N) is 1. The summed E-state index contributed by atoms with van der Waals surface area (Å²) in [5, 5.41) is 5.71. The molecule has 5 nitrogen and oxygen atoms in total. The summed E-state index contributed by atoms with van der Waals surface area (Å²) in [6, 6.07) is 20.1. The van der Waals surface area contributed by atoms with Crippen molar-refractivity contribution < 1.29 is 14.3 Å². The quantitative estimate of drug-likeness (QED) is 0.573. The Morgan fingerprint density at radius 3 is 2.56 bits per heavy atom. The number of carbonyl (C=O) groups is 1. The molecule has 0 spiro atoms. The van der Waals surface area contributed by atoms with E-state index in [-0.39, 0.29) is 6.61 Å². The summed E-state index contributed by atoms with van der Waals surface area (Å²) in [6.45, 7) is 1.34. The van der Waals surface area contributed by atoms with Crippen molar-refractivity contribution in [1.29, 1.82) is 0 Å². The molecule has 0 aliphatic carbocycles. The maximum Gasteiger partial charge on any atom is 0.255 e. The average molecular weight is 364 g/mol. The van der Waals surface area contributed by atoms with Crippen LogP contribution >= 0.6 is 0 Å². The molecule has 3 N–H and O–H groups in total. The molecular weight excluding hydrogens is 340 g/mol. The van der Waals surface area contributed by atoms with Crippen LogP contribution in [0.1, 0.15) is 11.1 Å². The first-order valence-electron chi connectivity index (χ1n) is 8.93. The predicted molar refractivity (Wildman–Crippen MR) is 107 cm³/mol. The van der Waals surface area contributed by atoms with Gasteiger partial charge in [-0.3, -0.25) is 4.79 Å². The highest BCUT2D eigenvalue weighted by Gasteiger charge is 2.10. The van der Waals surface area contributed by atoms with Crippen molar-refractivity contribution in [2.75, 3.05) is 20.3 Å². The zero-order chi connectivity index (χ0) is 19.1. The van der Waals surface area contributed by atoms with Gasteiger partial charge in [0.05, 0.1) is 7.11 Å². The van der Waals surface area contributed by atoms with E-state index in [2.05, 4.69) is 29.6 Å². The lowest BCUT2D eigenvalue weighted by atomic mass is 10.0. The number of carbonyl (C=O) groups excluding carboxylic acids is 1. The largest absolute Gasteiger partial charge is 0.497 e. The highest BCUT2D eigenvalue weighted by atomic mass is 16.5. The molecule has 5 heteroatoms. The van der Waals surface area contributed by atoms with Gasteiger partial charge in [-0.05, 0) is 47.5 Å². The van der Waals surface area contributed by atoms with Gasteiger partial charge in [-0.1, -0.05) is 42.5 Å². The molecule has 3 aromatic rings. The average Bonchev–Trinajstić information content (AvgIpc) is 2.70. The third kappa shape index (κ3) is 4.99. The summed E-state index contributed by atoms with van der Waals surface area (Å²) < 4.78 is 10.8. The Labute approximate surface area is 159 Å². The summed E-state index contributed by atoms with van der Waals surface area (Å²) in [6.07, 6.45) is 0.909. The molecule has 0 atom stereocenters. The third-order valence-electron chi connectivity index (χ3n) is 4.42. The summed E-state index contributed by atoms with van der Waals surface area (Å²) in [4.78, 5) is 11.1. The molecule has 0 heterocycles. The monoisotopic (exact) mass is 364 g/mol.